The first kappa shape index (κ1) is 11.7. The summed E-state index contributed by atoms with van der Waals surface area (Å²) in [4.78, 5) is 6.40. The number of likely N-dealkylation sites (N-methyl/N-ethyl adjacent to an activating group) is 1. The maximum atomic E-state index is 5.38. The molecule has 3 rings (SSSR count). The summed E-state index contributed by atoms with van der Waals surface area (Å²) < 4.78 is 5.38. The zero-order valence-electron chi connectivity index (χ0n) is 10.9. The van der Waals surface area contributed by atoms with Gasteiger partial charge in [0.25, 0.3) is 0 Å². The van der Waals surface area contributed by atoms with Crippen molar-refractivity contribution in [3.63, 3.8) is 0 Å². The molecule has 0 spiro atoms. The van der Waals surface area contributed by atoms with E-state index in [1.54, 1.807) is 0 Å². The molecule has 4 nitrogen and oxygen atoms in total. The first-order valence-corrected chi connectivity index (χ1v) is 6.47. The SMILES string of the molecule is CN(C)C(CNC1CC1)c1ccc2ncoc2c1. The van der Waals surface area contributed by atoms with Crippen molar-refractivity contribution < 1.29 is 4.42 Å². The number of aromatic nitrogens is 1. The monoisotopic (exact) mass is 245 g/mol. The van der Waals surface area contributed by atoms with Crippen molar-refractivity contribution in [1.29, 1.82) is 0 Å². The average Bonchev–Trinajstić information content (AvgIpc) is 3.05. The molecule has 1 aromatic heterocycles. The molecule has 0 aliphatic heterocycles. The van der Waals surface area contributed by atoms with Crippen LogP contribution in [0.2, 0.25) is 0 Å². The molecule has 2 aromatic rings. The van der Waals surface area contributed by atoms with Crippen molar-refractivity contribution in [2.75, 3.05) is 20.6 Å². The van der Waals surface area contributed by atoms with E-state index in [-0.39, 0.29) is 0 Å². The highest BCUT2D eigenvalue weighted by molar-refractivity contribution is 5.72. The van der Waals surface area contributed by atoms with Gasteiger partial charge in [0.2, 0.25) is 0 Å². The molecule has 1 saturated carbocycles. The highest BCUT2D eigenvalue weighted by Crippen LogP contribution is 2.24. The maximum Gasteiger partial charge on any atom is 0.181 e. The summed E-state index contributed by atoms with van der Waals surface area (Å²) in [6.45, 7) is 0.983. The van der Waals surface area contributed by atoms with E-state index in [1.807, 2.05) is 6.07 Å². The normalized spacial score (nSPS) is 17.5. The predicted octanol–water partition coefficient (Wildman–Crippen LogP) is 2.18. The highest BCUT2D eigenvalue weighted by Gasteiger charge is 2.23. The molecular formula is C14H19N3O. The Morgan fingerprint density at radius 3 is 3.00 bits per heavy atom. The molecule has 96 valence electrons. The van der Waals surface area contributed by atoms with Gasteiger partial charge in [-0.05, 0) is 44.6 Å². The van der Waals surface area contributed by atoms with Crippen molar-refractivity contribution in [2.45, 2.75) is 24.9 Å². The summed E-state index contributed by atoms with van der Waals surface area (Å²) in [5.41, 5.74) is 3.06. The lowest BCUT2D eigenvalue weighted by Crippen LogP contribution is -2.32. The molecule has 4 heteroatoms. The van der Waals surface area contributed by atoms with Gasteiger partial charge in [-0.2, -0.15) is 0 Å². The third kappa shape index (κ3) is 2.40. The van der Waals surface area contributed by atoms with E-state index in [1.165, 1.54) is 24.8 Å². The minimum Gasteiger partial charge on any atom is -0.443 e. The standard InChI is InChI=1S/C14H19N3O/c1-17(2)13(8-15-11-4-5-11)10-3-6-12-14(7-10)18-9-16-12/h3,6-7,9,11,13,15H,4-5,8H2,1-2H3. The smallest absolute Gasteiger partial charge is 0.181 e. The van der Waals surface area contributed by atoms with Crippen LogP contribution in [0.3, 0.4) is 0 Å². The molecule has 0 saturated heterocycles. The molecule has 1 aromatic carbocycles. The van der Waals surface area contributed by atoms with Crippen LogP contribution in [-0.4, -0.2) is 36.6 Å². The van der Waals surface area contributed by atoms with Gasteiger partial charge in [-0.3, -0.25) is 0 Å². The van der Waals surface area contributed by atoms with Gasteiger partial charge >= 0.3 is 0 Å². The quantitative estimate of drug-likeness (QED) is 0.876. The van der Waals surface area contributed by atoms with Crippen molar-refractivity contribution >= 4 is 11.1 Å². The van der Waals surface area contributed by atoms with E-state index >= 15 is 0 Å². The van der Waals surface area contributed by atoms with Crippen LogP contribution in [0.1, 0.15) is 24.4 Å². The number of hydrogen-bond acceptors (Lipinski definition) is 4. The summed E-state index contributed by atoms with van der Waals surface area (Å²) in [6, 6.07) is 7.38. The molecule has 1 N–H and O–H groups in total. The molecule has 1 aliphatic rings. The van der Waals surface area contributed by atoms with Gasteiger partial charge in [-0.1, -0.05) is 6.07 Å². The lowest BCUT2D eigenvalue weighted by molar-refractivity contribution is 0.288. The van der Waals surface area contributed by atoms with E-state index < -0.39 is 0 Å². The number of nitrogens with zero attached hydrogens (tertiary/aromatic N) is 2. The second-order valence-corrected chi connectivity index (χ2v) is 5.24. The van der Waals surface area contributed by atoms with Crippen molar-refractivity contribution in [3.8, 4) is 0 Å². The first-order valence-electron chi connectivity index (χ1n) is 6.47. The van der Waals surface area contributed by atoms with Gasteiger partial charge in [0.05, 0.1) is 0 Å². The van der Waals surface area contributed by atoms with E-state index in [4.69, 9.17) is 4.42 Å². The topological polar surface area (TPSA) is 41.3 Å². The van der Waals surface area contributed by atoms with Gasteiger partial charge in [-0.25, -0.2) is 4.98 Å². The molecule has 1 unspecified atom stereocenters. The van der Waals surface area contributed by atoms with Gasteiger partial charge in [0.1, 0.15) is 5.52 Å². The van der Waals surface area contributed by atoms with Crippen LogP contribution in [0.5, 0.6) is 0 Å². The number of fused-ring (bicyclic) bond motifs is 1. The van der Waals surface area contributed by atoms with E-state index in [2.05, 4.69) is 41.4 Å². The Balaban J connectivity index is 1.82. The molecular weight excluding hydrogens is 226 g/mol. The molecule has 1 atom stereocenters. The van der Waals surface area contributed by atoms with E-state index in [0.29, 0.717) is 6.04 Å². The maximum absolute atomic E-state index is 5.38. The number of rotatable bonds is 5. The largest absolute Gasteiger partial charge is 0.443 e. The van der Waals surface area contributed by atoms with Crippen LogP contribution in [0.25, 0.3) is 11.1 Å². The molecule has 1 heterocycles. The number of nitrogens with one attached hydrogen (secondary N) is 1. The van der Waals surface area contributed by atoms with E-state index in [9.17, 15) is 0 Å². The Hall–Kier alpha value is -1.39. The lowest BCUT2D eigenvalue weighted by Gasteiger charge is -2.25. The summed E-state index contributed by atoms with van der Waals surface area (Å²) in [6.07, 6.45) is 4.14. The molecule has 1 fully saturated rings. The Kier molecular flexibility index (Phi) is 3.06. The summed E-state index contributed by atoms with van der Waals surface area (Å²) in [5, 5.41) is 3.59. The predicted molar refractivity (Wildman–Crippen MR) is 71.5 cm³/mol. The fourth-order valence-corrected chi connectivity index (χ4v) is 2.24. The number of hydrogen-bond donors (Lipinski definition) is 1. The van der Waals surface area contributed by atoms with Crippen molar-refractivity contribution in [3.05, 3.63) is 30.2 Å². The molecule has 0 amide bonds. The fraction of sp³-hybridized carbons (Fsp3) is 0.500. The molecule has 0 bridgehead atoms. The van der Waals surface area contributed by atoms with Gasteiger partial charge in [0, 0.05) is 18.6 Å². The number of benzene rings is 1. The van der Waals surface area contributed by atoms with Gasteiger partial charge in [0.15, 0.2) is 12.0 Å². The Labute approximate surface area is 107 Å². The van der Waals surface area contributed by atoms with Gasteiger partial charge in [-0.15, -0.1) is 0 Å². The van der Waals surface area contributed by atoms with Crippen LogP contribution in [-0.2, 0) is 0 Å². The Bertz CT molecular complexity index is 531. The van der Waals surface area contributed by atoms with E-state index in [0.717, 1.165) is 23.7 Å². The van der Waals surface area contributed by atoms with Crippen LogP contribution in [0.15, 0.2) is 29.0 Å². The fourth-order valence-electron chi connectivity index (χ4n) is 2.24. The van der Waals surface area contributed by atoms with Crippen LogP contribution in [0.4, 0.5) is 0 Å². The summed E-state index contributed by atoms with van der Waals surface area (Å²) >= 11 is 0. The summed E-state index contributed by atoms with van der Waals surface area (Å²) in [7, 11) is 4.23. The number of oxazole rings is 1. The lowest BCUT2D eigenvalue weighted by atomic mass is 10.1. The zero-order chi connectivity index (χ0) is 12.5. The molecule has 0 radical (unpaired) electrons. The second kappa shape index (κ2) is 4.71. The molecule has 18 heavy (non-hydrogen) atoms. The van der Waals surface area contributed by atoms with Crippen LogP contribution < -0.4 is 5.32 Å². The van der Waals surface area contributed by atoms with Crippen molar-refractivity contribution in [1.82, 2.24) is 15.2 Å². The minimum absolute atomic E-state index is 0.375. The third-order valence-electron chi connectivity index (χ3n) is 3.54. The highest BCUT2D eigenvalue weighted by atomic mass is 16.3. The van der Waals surface area contributed by atoms with Crippen LogP contribution >= 0.6 is 0 Å². The van der Waals surface area contributed by atoms with Crippen molar-refractivity contribution in [2.24, 2.45) is 0 Å². The minimum atomic E-state index is 0.375. The average molecular weight is 245 g/mol. The third-order valence-corrected chi connectivity index (χ3v) is 3.54. The van der Waals surface area contributed by atoms with Crippen LogP contribution in [0, 0.1) is 0 Å². The first-order chi connectivity index (χ1) is 8.74. The molecule has 1 aliphatic carbocycles. The summed E-state index contributed by atoms with van der Waals surface area (Å²) in [5.74, 6) is 0. The Morgan fingerprint density at radius 2 is 2.28 bits per heavy atom. The van der Waals surface area contributed by atoms with Gasteiger partial charge < -0.3 is 14.6 Å². The zero-order valence-corrected chi connectivity index (χ0v) is 10.9. The second-order valence-electron chi connectivity index (χ2n) is 5.24. The Morgan fingerprint density at radius 1 is 1.44 bits per heavy atom.